The predicted molar refractivity (Wildman–Crippen MR) is 78.8 cm³/mol. The van der Waals surface area contributed by atoms with Crippen LogP contribution in [0.3, 0.4) is 0 Å². The van der Waals surface area contributed by atoms with Gasteiger partial charge in [0.15, 0.2) is 0 Å². The lowest BCUT2D eigenvalue weighted by Gasteiger charge is -2.32. The maximum Gasteiger partial charge on any atom is 0.250 e. The molecule has 19 heavy (non-hydrogen) atoms. The highest BCUT2D eigenvalue weighted by Gasteiger charge is 2.31. The second-order valence-corrected chi connectivity index (χ2v) is 8.10. The number of hydrogen-bond acceptors (Lipinski definition) is 5. The Morgan fingerprint density at radius 3 is 2.79 bits per heavy atom. The summed E-state index contributed by atoms with van der Waals surface area (Å²) in [5.74, 6) is 0. The Labute approximate surface area is 127 Å². The number of sulfonamides is 1. The van der Waals surface area contributed by atoms with Crippen LogP contribution < -0.4 is 10.0 Å². The van der Waals surface area contributed by atoms with Crippen molar-refractivity contribution in [2.75, 3.05) is 19.6 Å². The Kier molecular flexibility index (Phi) is 6.06. The minimum absolute atomic E-state index is 0. The summed E-state index contributed by atoms with van der Waals surface area (Å²) in [5, 5.41) is 13.2. The summed E-state index contributed by atoms with van der Waals surface area (Å²) in [6, 6.07) is 3.00. The number of nitrogens with one attached hydrogen (secondary N) is 2. The Bertz CT molecular complexity index is 513. The minimum atomic E-state index is -3.58. The van der Waals surface area contributed by atoms with Gasteiger partial charge in [0.05, 0.1) is 9.94 Å². The van der Waals surface area contributed by atoms with Gasteiger partial charge in [0, 0.05) is 13.1 Å². The van der Waals surface area contributed by atoms with E-state index >= 15 is 0 Å². The third kappa shape index (κ3) is 4.56. The van der Waals surface area contributed by atoms with Crippen molar-refractivity contribution in [1.29, 1.82) is 0 Å². The van der Waals surface area contributed by atoms with Crippen LogP contribution in [0.15, 0.2) is 16.3 Å². The Balaban J connectivity index is 0.00000180. The van der Waals surface area contributed by atoms with E-state index in [4.69, 9.17) is 11.6 Å². The average Bonchev–Trinajstić information content (AvgIpc) is 2.76. The zero-order valence-electron chi connectivity index (χ0n) is 10.1. The number of piperidine rings is 1. The molecule has 110 valence electrons. The Morgan fingerprint density at radius 2 is 2.26 bits per heavy atom. The molecule has 0 amide bonds. The third-order valence-electron chi connectivity index (χ3n) is 2.85. The van der Waals surface area contributed by atoms with Crippen LogP contribution >= 0.6 is 35.3 Å². The number of thiophene rings is 1. The zero-order valence-corrected chi connectivity index (χ0v) is 13.3. The van der Waals surface area contributed by atoms with Crippen LogP contribution in [0.2, 0.25) is 4.34 Å². The van der Waals surface area contributed by atoms with Gasteiger partial charge in [-0.3, -0.25) is 0 Å². The summed E-state index contributed by atoms with van der Waals surface area (Å²) in [6.45, 7) is 1.27. The van der Waals surface area contributed by atoms with E-state index in [1.807, 2.05) is 0 Å². The van der Waals surface area contributed by atoms with E-state index in [1.54, 1.807) is 0 Å². The molecule has 0 saturated carbocycles. The lowest BCUT2D eigenvalue weighted by molar-refractivity contribution is 0.0218. The predicted octanol–water partition coefficient (Wildman–Crippen LogP) is 1.22. The largest absolute Gasteiger partial charge is 0.387 e. The summed E-state index contributed by atoms with van der Waals surface area (Å²) in [7, 11) is -3.58. The fourth-order valence-corrected chi connectivity index (χ4v) is 4.49. The normalized spacial score (nSPS) is 23.9. The molecule has 1 saturated heterocycles. The Morgan fingerprint density at radius 1 is 1.53 bits per heavy atom. The van der Waals surface area contributed by atoms with Crippen molar-refractivity contribution in [3.05, 3.63) is 16.5 Å². The topological polar surface area (TPSA) is 78.4 Å². The van der Waals surface area contributed by atoms with Crippen molar-refractivity contribution in [3.8, 4) is 0 Å². The van der Waals surface area contributed by atoms with Gasteiger partial charge in [-0.25, -0.2) is 13.1 Å². The van der Waals surface area contributed by atoms with Crippen LogP contribution in [0.5, 0.6) is 0 Å². The van der Waals surface area contributed by atoms with Crippen molar-refractivity contribution in [1.82, 2.24) is 10.0 Å². The van der Waals surface area contributed by atoms with E-state index in [0.717, 1.165) is 24.3 Å². The lowest BCUT2D eigenvalue weighted by Crippen LogP contribution is -2.52. The second-order valence-electron chi connectivity index (χ2n) is 4.39. The molecule has 1 atom stereocenters. The van der Waals surface area contributed by atoms with Crippen molar-refractivity contribution < 1.29 is 13.5 Å². The first-order valence-electron chi connectivity index (χ1n) is 5.59. The molecule has 0 spiro atoms. The van der Waals surface area contributed by atoms with Crippen molar-refractivity contribution in [2.45, 2.75) is 22.7 Å². The van der Waals surface area contributed by atoms with E-state index in [0.29, 0.717) is 17.3 Å². The van der Waals surface area contributed by atoms with Crippen molar-refractivity contribution in [3.63, 3.8) is 0 Å². The molecule has 2 rings (SSSR count). The van der Waals surface area contributed by atoms with Crippen LogP contribution in [-0.4, -0.2) is 38.8 Å². The van der Waals surface area contributed by atoms with E-state index in [2.05, 4.69) is 10.0 Å². The maximum absolute atomic E-state index is 11.9. The highest BCUT2D eigenvalue weighted by Crippen LogP contribution is 2.25. The highest BCUT2D eigenvalue weighted by atomic mass is 35.5. The molecule has 1 aliphatic heterocycles. The van der Waals surface area contributed by atoms with Crippen LogP contribution in [0, 0.1) is 0 Å². The van der Waals surface area contributed by atoms with Gasteiger partial charge in [0.1, 0.15) is 4.21 Å². The van der Waals surface area contributed by atoms with Gasteiger partial charge in [-0.1, -0.05) is 11.6 Å². The van der Waals surface area contributed by atoms with E-state index in [9.17, 15) is 13.5 Å². The van der Waals surface area contributed by atoms with E-state index in [-0.39, 0.29) is 23.2 Å². The second kappa shape index (κ2) is 6.71. The molecular weight excluding hydrogens is 331 g/mol. The molecule has 1 fully saturated rings. The smallest absolute Gasteiger partial charge is 0.250 e. The van der Waals surface area contributed by atoms with E-state index < -0.39 is 15.6 Å². The summed E-state index contributed by atoms with van der Waals surface area (Å²) >= 11 is 6.71. The molecule has 0 aliphatic carbocycles. The van der Waals surface area contributed by atoms with Gasteiger partial charge in [0.2, 0.25) is 10.0 Å². The molecule has 1 aliphatic rings. The van der Waals surface area contributed by atoms with E-state index in [1.165, 1.54) is 12.1 Å². The third-order valence-corrected chi connectivity index (χ3v) is 5.98. The zero-order chi connectivity index (χ0) is 13.2. The Hall–Kier alpha value is 0.110. The number of aliphatic hydroxyl groups is 1. The summed E-state index contributed by atoms with van der Waals surface area (Å²) in [5.41, 5.74) is -1.01. The maximum atomic E-state index is 11.9. The number of hydrogen-bond donors (Lipinski definition) is 3. The van der Waals surface area contributed by atoms with Crippen molar-refractivity contribution >= 4 is 45.4 Å². The van der Waals surface area contributed by atoms with Crippen LogP contribution in [0.25, 0.3) is 0 Å². The van der Waals surface area contributed by atoms with Crippen LogP contribution in [0.4, 0.5) is 0 Å². The molecule has 5 nitrogen and oxygen atoms in total. The fraction of sp³-hybridized carbons (Fsp3) is 0.600. The fourth-order valence-electron chi connectivity index (χ4n) is 1.85. The molecule has 2 heterocycles. The molecule has 3 N–H and O–H groups in total. The van der Waals surface area contributed by atoms with Gasteiger partial charge in [-0.2, -0.15) is 0 Å². The van der Waals surface area contributed by atoms with Gasteiger partial charge in [0.25, 0.3) is 0 Å². The number of rotatable bonds is 4. The lowest BCUT2D eigenvalue weighted by atomic mass is 9.95. The standard InChI is InChI=1S/C10H15ClN2O3S2.ClH/c11-8-2-3-9(17-8)18(15,16)13-7-10(14)4-1-5-12-6-10;/h2-3,12-14H,1,4-7H2;1H. The quantitative estimate of drug-likeness (QED) is 0.765. The molecule has 0 radical (unpaired) electrons. The molecule has 9 heteroatoms. The summed E-state index contributed by atoms with van der Waals surface area (Å²) < 4.78 is 26.9. The van der Waals surface area contributed by atoms with Crippen LogP contribution in [0.1, 0.15) is 12.8 Å². The first-order valence-corrected chi connectivity index (χ1v) is 8.27. The highest BCUT2D eigenvalue weighted by molar-refractivity contribution is 7.91. The van der Waals surface area contributed by atoms with Gasteiger partial charge in [-0.15, -0.1) is 23.7 Å². The van der Waals surface area contributed by atoms with Crippen LogP contribution in [-0.2, 0) is 10.0 Å². The first kappa shape index (κ1) is 17.2. The van der Waals surface area contributed by atoms with Gasteiger partial charge in [-0.05, 0) is 31.5 Å². The SMILES string of the molecule is Cl.O=S(=O)(NCC1(O)CCCNC1)c1ccc(Cl)s1. The molecule has 0 aromatic carbocycles. The van der Waals surface area contributed by atoms with Crippen molar-refractivity contribution in [2.24, 2.45) is 0 Å². The average molecular weight is 347 g/mol. The molecule has 1 unspecified atom stereocenters. The molecule has 1 aromatic heterocycles. The number of β-amino-alcohol motifs (C(OH)–C–C–N with tert-alkyl or cyclic N) is 1. The van der Waals surface area contributed by atoms with Gasteiger partial charge >= 0.3 is 0 Å². The summed E-state index contributed by atoms with van der Waals surface area (Å²) in [4.78, 5) is 0. The molecule has 0 bridgehead atoms. The minimum Gasteiger partial charge on any atom is -0.387 e. The molecule has 1 aromatic rings. The molecular formula is C10H16Cl2N2O3S2. The first-order chi connectivity index (χ1) is 8.41. The number of halogens is 2. The monoisotopic (exact) mass is 346 g/mol. The summed E-state index contributed by atoms with van der Waals surface area (Å²) in [6.07, 6.45) is 1.43. The van der Waals surface area contributed by atoms with Gasteiger partial charge < -0.3 is 10.4 Å².